The van der Waals surface area contributed by atoms with Crippen molar-refractivity contribution in [2.24, 2.45) is 0 Å². The molecule has 2 aliphatic rings. The summed E-state index contributed by atoms with van der Waals surface area (Å²) in [6.07, 6.45) is 0. The SMILES string of the molecule is CC1(C)c2cc(-c3cccc(-c4ccc5c(c4)C(C)(C)c4cc(-c6cc(-c7ccc(-n8c9ccccc9c9ccccc98)cc7)nc(-c7ccc(-n8c9ccccc9c9ccccc98)cc7)n6)ccc4-5)c3)ccc2-c2ccc(-c3cc(-c4ccc(-n5c6ccccc6c6ccccc65)cc4)nc(-c4ccc(-n5c6ccccc6c6ccccc65)cc4)n3)cc21. The third-order valence-electron chi connectivity index (χ3n) is 26.9. The van der Waals surface area contributed by atoms with Gasteiger partial charge in [0, 0.05) is 110 Å². The van der Waals surface area contributed by atoms with E-state index < -0.39 is 0 Å². The summed E-state index contributed by atoms with van der Waals surface area (Å²) in [4.78, 5) is 21.9. The summed E-state index contributed by atoms with van der Waals surface area (Å²) >= 11 is 0. The topological polar surface area (TPSA) is 71.3 Å². The van der Waals surface area contributed by atoms with Gasteiger partial charge in [-0.3, -0.25) is 0 Å². The van der Waals surface area contributed by atoms with Crippen LogP contribution in [0.5, 0.6) is 0 Å². The van der Waals surface area contributed by atoms with E-state index in [2.05, 4.69) is 446 Å². The van der Waals surface area contributed by atoms with Gasteiger partial charge in [-0.25, -0.2) is 19.9 Å². The summed E-state index contributed by atoms with van der Waals surface area (Å²) in [6, 6.07) is 146. The van der Waals surface area contributed by atoms with Gasteiger partial charge < -0.3 is 18.3 Å². The minimum atomic E-state index is -0.332. The minimum absolute atomic E-state index is 0.332. The van der Waals surface area contributed by atoms with Gasteiger partial charge in [-0.1, -0.05) is 264 Å². The molecule has 2 aliphatic carbocycles. The highest BCUT2D eigenvalue weighted by molar-refractivity contribution is 6.13. The van der Waals surface area contributed by atoms with Crippen LogP contribution in [0.4, 0.5) is 0 Å². The van der Waals surface area contributed by atoms with E-state index in [1.165, 1.54) is 154 Å². The lowest BCUT2D eigenvalue weighted by Gasteiger charge is -2.23. The molecule has 17 aromatic carbocycles. The van der Waals surface area contributed by atoms with Crippen LogP contribution in [0, 0.1) is 0 Å². The molecule has 0 atom stereocenters. The molecule has 0 amide bonds. The lowest BCUT2D eigenvalue weighted by atomic mass is 9.80. The van der Waals surface area contributed by atoms with Crippen LogP contribution in [0.15, 0.2) is 400 Å². The summed E-state index contributed by atoms with van der Waals surface area (Å²) < 4.78 is 9.45. The van der Waals surface area contributed by atoms with Gasteiger partial charge in [0.1, 0.15) is 0 Å². The number of nitrogens with zero attached hydrogens (tertiary/aromatic N) is 8. The van der Waals surface area contributed by atoms with Crippen molar-refractivity contribution in [1.29, 1.82) is 0 Å². The first-order valence-corrected chi connectivity index (χ1v) is 42.8. The molecule has 8 nitrogen and oxygen atoms in total. The maximum atomic E-state index is 5.51. The zero-order chi connectivity index (χ0) is 82.2. The monoisotopic (exact) mass is 1580 g/mol. The quantitative estimate of drug-likeness (QED) is 0.122. The molecular weight excluding hydrogens is 1510 g/mol. The highest BCUT2D eigenvalue weighted by atomic mass is 15.0. The van der Waals surface area contributed by atoms with E-state index in [4.69, 9.17) is 19.9 Å². The van der Waals surface area contributed by atoms with E-state index in [-0.39, 0.29) is 10.8 Å². The Labute approximate surface area is 716 Å². The number of rotatable bonds is 12. The average molecular weight is 1580 g/mol. The van der Waals surface area contributed by atoms with E-state index in [9.17, 15) is 0 Å². The van der Waals surface area contributed by atoms with E-state index in [0.717, 1.165) is 78.9 Å². The fourth-order valence-electron chi connectivity index (χ4n) is 20.7. The van der Waals surface area contributed by atoms with Crippen LogP contribution < -0.4 is 0 Å². The lowest BCUT2D eigenvalue weighted by Crippen LogP contribution is -2.15. The Kier molecular flexibility index (Phi) is 15.7. The van der Waals surface area contributed by atoms with Gasteiger partial charge in [0.05, 0.1) is 66.9 Å². The molecule has 0 saturated carbocycles. The molecule has 8 heteroatoms. The van der Waals surface area contributed by atoms with Crippen LogP contribution in [-0.4, -0.2) is 38.2 Å². The summed E-state index contributed by atoms with van der Waals surface area (Å²) in [5, 5.41) is 9.87. The molecule has 582 valence electrons. The number of aromatic nitrogens is 8. The number of benzene rings is 17. The predicted octanol–water partition coefficient (Wildman–Crippen LogP) is 29.6. The summed E-state index contributed by atoms with van der Waals surface area (Å²) in [6.45, 7) is 9.53. The second kappa shape index (κ2) is 27.3. The van der Waals surface area contributed by atoms with Crippen LogP contribution in [0.3, 0.4) is 0 Å². The maximum Gasteiger partial charge on any atom is 0.160 e. The molecule has 0 saturated heterocycles. The zero-order valence-electron chi connectivity index (χ0n) is 68.7. The van der Waals surface area contributed by atoms with Crippen molar-refractivity contribution in [3.8, 4) is 135 Å². The molecule has 0 radical (unpaired) electrons. The van der Waals surface area contributed by atoms with E-state index in [1.807, 2.05) is 0 Å². The van der Waals surface area contributed by atoms with Gasteiger partial charge in [-0.05, 0) is 231 Å². The average Bonchev–Trinajstić information content (AvgIpc) is 1.57. The van der Waals surface area contributed by atoms with E-state index in [1.54, 1.807) is 0 Å². The van der Waals surface area contributed by atoms with Gasteiger partial charge >= 0.3 is 0 Å². The second-order valence-electron chi connectivity index (χ2n) is 34.5. The Morgan fingerprint density at radius 3 is 0.629 bits per heavy atom. The van der Waals surface area contributed by atoms with Crippen LogP contribution in [-0.2, 0) is 10.8 Å². The molecular formula is C116H78N8. The number of hydrogen-bond donors (Lipinski definition) is 0. The lowest BCUT2D eigenvalue weighted by molar-refractivity contribution is 0.660. The van der Waals surface area contributed by atoms with Crippen LogP contribution in [0.25, 0.3) is 222 Å². The van der Waals surface area contributed by atoms with Gasteiger partial charge in [-0.15, -0.1) is 0 Å². The van der Waals surface area contributed by atoms with Gasteiger partial charge in [-0.2, -0.15) is 0 Å². The Hall–Kier alpha value is -15.9. The number of para-hydroxylation sites is 8. The first kappa shape index (κ1) is 71.1. The Morgan fingerprint density at radius 2 is 0.371 bits per heavy atom. The minimum Gasteiger partial charge on any atom is -0.309 e. The fraction of sp³-hybridized carbons (Fsp3) is 0.0517. The molecule has 0 bridgehead atoms. The predicted molar refractivity (Wildman–Crippen MR) is 514 cm³/mol. The van der Waals surface area contributed by atoms with E-state index >= 15 is 0 Å². The van der Waals surface area contributed by atoms with Crippen molar-refractivity contribution in [3.63, 3.8) is 0 Å². The third-order valence-corrected chi connectivity index (χ3v) is 26.9. The molecule has 0 N–H and O–H groups in total. The third kappa shape index (κ3) is 11.0. The second-order valence-corrected chi connectivity index (χ2v) is 34.5. The molecule has 0 aliphatic heterocycles. The molecule has 25 rings (SSSR count). The maximum absolute atomic E-state index is 5.51. The Balaban J connectivity index is 0.528. The zero-order valence-corrected chi connectivity index (χ0v) is 68.7. The molecule has 0 fully saturated rings. The molecule has 124 heavy (non-hydrogen) atoms. The van der Waals surface area contributed by atoms with Crippen LogP contribution in [0.2, 0.25) is 0 Å². The standard InChI is InChI=1S/C116H78N8/c1-115(2)97-65-77(48-60-85(97)87-62-50-79(67-99(87)115)103-69-101(71-40-52-81(53-41-71)121-105-32-13-5-24-89(105)90-25-6-14-33-106(90)121)117-113(119-103)73-44-56-83(57-45-73)123-109-36-17-9-28-93(109)94-29-10-18-37-110(94)123)75-22-21-23-76(64-75)78-49-61-86-88-63-51-80(68-100(88)116(3,4)98(86)66-78)104-70-102(72-42-54-82(55-43-72)122-107-34-15-7-26-91(107)92-27-8-16-35-108(92)122)118-114(120-104)74-46-58-84(59-47-74)124-111-38-19-11-30-95(111)96-31-12-20-39-112(96)124/h5-70H,1-4H3. The van der Waals surface area contributed by atoms with Crippen molar-refractivity contribution in [1.82, 2.24) is 38.2 Å². The number of hydrogen-bond acceptors (Lipinski definition) is 4. The van der Waals surface area contributed by atoms with Gasteiger partial charge in [0.25, 0.3) is 0 Å². The van der Waals surface area contributed by atoms with Crippen LogP contribution in [0.1, 0.15) is 49.9 Å². The van der Waals surface area contributed by atoms with Crippen molar-refractivity contribution < 1.29 is 0 Å². The van der Waals surface area contributed by atoms with Crippen LogP contribution >= 0.6 is 0 Å². The van der Waals surface area contributed by atoms with Crippen molar-refractivity contribution in [2.75, 3.05) is 0 Å². The summed E-state index contributed by atoms with van der Waals surface area (Å²) in [5.74, 6) is 1.33. The van der Waals surface area contributed by atoms with Crippen molar-refractivity contribution >= 4 is 87.2 Å². The molecule has 0 unspecified atom stereocenters. The van der Waals surface area contributed by atoms with Crippen molar-refractivity contribution in [2.45, 2.75) is 38.5 Å². The summed E-state index contributed by atoms with van der Waals surface area (Å²) in [5.41, 5.74) is 37.4. The highest BCUT2D eigenvalue weighted by Gasteiger charge is 2.38. The normalized spacial score (nSPS) is 13.1. The molecule has 23 aromatic rings. The first-order valence-electron chi connectivity index (χ1n) is 42.8. The highest BCUT2D eigenvalue weighted by Crippen LogP contribution is 2.54. The van der Waals surface area contributed by atoms with Gasteiger partial charge in [0.2, 0.25) is 0 Å². The molecule has 6 aromatic heterocycles. The molecule has 0 spiro atoms. The largest absolute Gasteiger partial charge is 0.309 e. The molecule has 6 heterocycles. The van der Waals surface area contributed by atoms with Gasteiger partial charge in [0.15, 0.2) is 11.6 Å². The van der Waals surface area contributed by atoms with Crippen molar-refractivity contribution in [3.05, 3.63) is 423 Å². The summed E-state index contributed by atoms with van der Waals surface area (Å²) in [7, 11) is 0. The number of fused-ring (bicyclic) bond motifs is 18. The first-order chi connectivity index (χ1) is 60.9. The Bertz CT molecular complexity index is 7340. The Morgan fingerprint density at radius 1 is 0.169 bits per heavy atom. The smallest absolute Gasteiger partial charge is 0.160 e. The fourth-order valence-corrected chi connectivity index (χ4v) is 20.7. The van der Waals surface area contributed by atoms with E-state index in [0.29, 0.717) is 11.6 Å².